The summed E-state index contributed by atoms with van der Waals surface area (Å²) in [6, 6.07) is -0.170. The minimum atomic E-state index is -0.534. The van der Waals surface area contributed by atoms with Crippen LogP contribution in [0.4, 0.5) is 0 Å². The van der Waals surface area contributed by atoms with Crippen LogP contribution in [0.2, 0.25) is 0 Å². The Morgan fingerprint density at radius 3 is 3.13 bits per heavy atom. The fraction of sp³-hybridized carbons (Fsp3) is 0.750. The molecule has 1 saturated heterocycles. The Hall–Kier alpha value is -1.02. The Balaban J connectivity index is 2.12. The van der Waals surface area contributed by atoms with Crippen molar-refractivity contribution in [1.29, 1.82) is 0 Å². The van der Waals surface area contributed by atoms with Gasteiger partial charge in [0.25, 0.3) is 0 Å². The van der Waals surface area contributed by atoms with E-state index in [2.05, 4.69) is 15.1 Å². The zero-order chi connectivity index (χ0) is 10.8. The van der Waals surface area contributed by atoms with Crippen molar-refractivity contribution in [3.05, 3.63) is 11.9 Å². The Labute approximate surface area is 86.7 Å². The van der Waals surface area contributed by atoms with Crippen LogP contribution < -0.4 is 5.90 Å². The first kappa shape index (κ1) is 10.5. The van der Waals surface area contributed by atoms with Gasteiger partial charge in [-0.3, -0.25) is 4.84 Å². The lowest BCUT2D eigenvalue weighted by Crippen LogP contribution is -2.22. The minimum Gasteiger partial charge on any atom is -0.388 e. The Bertz CT molecular complexity index is 329. The van der Waals surface area contributed by atoms with Crippen molar-refractivity contribution in [1.82, 2.24) is 15.0 Å². The lowest BCUT2D eigenvalue weighted by Gasteiger charge is -2.11. The van der Waals surface area contributed by atoms with Crippen LogP contribution in [-0.4, -0.2) is 39.4 Å². The average molecular weight is 214 g/mol. The predicted molar refractivity (Wildman–Crippen MR) is 49.6 cm³/mol. The summed E-state index contributed by atoms with van der Waals surface area (Å²) in [6.45, 7) is 2.56. The van der Waals surface area contributed by atoms with E-state index in [0.29, 0.717) is 18.9 Å². The zero-order valence-corrected chi connectivity index (χ0v) is 8.41. The smallest absolute Gasteiger partial charge is 0.121 e. The van der Waals surface area contributed by atoms with Gasteiger partial charge in [0.05, 0.1) is 19.4 Å². The fourth-order valence-corrected chi connectivity index (χ4v) is 1.49. The van der Waals surface area contributed by atoms with Gasteiger partial charge in [0.2, 0.25) is 0 Å². The molecule has 2 heterocycles. The van der Waals surface area contributed by atoms with Crippen LogP contribution in [0.1, 0.15) is 24.8 Å². The van der Waals surface area contributed by atoms with E-state index in [1.807, 2.05) is 0 Å². The minimum absolute atomic E-state index is 0.170. The molecule has 1 fully saturated rings. The maximum absolute atomic E-state index is 9.58. The van der Waals surface area contributed by atoms with Crippen molar-refractivity contribution < 1.29 is 14.7 Å². The summed E-state index contributed by atoms with van der Waals surface area (Å²) in [5, 5.41) is 17.4. The maximum Gasteiger partial charge on any atom is 0.121 e. The topological polar surface area (TPSA) is 95.4 Å². The molecule has 0 saturated carbocycles. The van der Waals surface area contributed by atoms with Crippen molar-refractivity contribution in [3.63, 3.8) is 0 Å². The fourth-order valence-electron chi connectivity index (χ4n) is 1.49. The molecule has 84 valence electrons. The zero-order valence-electron chi connectivity index (χ0n) is 8.41. The van der Waals surface area contributed by atoms with Crippen LogP contribution in [0.3, 0.4) is 0 Å². The van der Waals surface area contributed by atoms with Crippen LogP contribution in [0.25, 0.3) is 0 Å². The number of nitrogens with zero attached hydrogens (tertiary/aromatic N) is 3. The molecule has 7 nitrogen and oxygen atoms in total. The molecule has 1 aliphatic heterocycles. The third-order valence-electron chi connectivity index (χ3n) is 2.51. The van der Waals surface area contributed by atoms with E-state index in [1.165, 1.54) is 0 Å². The number of nitrogens with two attached hydrogens (primary N) is 1. The molecule has 0 spiro atoms. The molecule has 3 N–H and O–H groups in total. The highest BCUT2D eigenvalue weighted by atomic mass is 16.6. The van der Waals surface area contributed by atoms with E-state index in [9.17, 15) is 5.11 Å². The molecule has 1 aromatic rings. The second-order valence-corrected chi connectivity index (χ2v) is 3.57. The van der Waals surface area contributed by atoms with Gasteiger partial charge < -0.3 is 9.84 Å². The van der Waals surface area contributed by atoms with Gasteiger partial charge in [-0.15, -0.1) is 5.10 Å². The number of rotatable bonds is 3. The molecule has 7 heteroatoms. The number of ether oxygens (including phenoxy) is 1. The highest BCUT2D eigenvalue weighted by molar-refractivity contribution is 4.98. The molecule has 0 unspecified atom stereocenters. The largest absolute Gasteiger partial charge is 0.388 e. The molecule has 0 aliphatic carbocycles. The molecule has 0 aromatic carbocycles. The third-order valence-corrected chi connectivity index (χ3v) is 2.51. The summed E-state index contributed by atoms with van der Waals surface area (Å²) >= 11 is 0. The normalized spacial score (nSPS) is 28.2. The summed E-state index contributed by atoms with van der Waals surface area (Å²) < 4.78 is 6.71. The first-order valence-electron chi connectivity index (χ1n) is 4.75. The molecule has 2 rings (SSSR count). The Morgan fingerprint density at radius 1 is 1.73 bits per heavy atom. The molecule has 15 heavy (non-hydrogen) atoms. The van der Waals surface area contributed by atoms with Gasteiger partial charge >= 0.3 is 0 Å². The number of hydrogen-bond acceptors (Lipinski definition) is 6. The number of aliphatic hydroxyl groups is 1. The second kappa shape index (κ2) is 4.23. The molecule has 3 atom stereocenters. The van der Waals surface area contributed by atoms with Gasteiger partial charge in [-0.05, 0) is 6.92 Å². The van der Waals surface area contributed by atoms with Crippen LogP contribution in [-0.2, 0) is 9.57 Å². The van der Waals surface area contributed by atoms with Gasteiger partial charge in [-0.2, -0.15) is 0 Å². The predicted octanol–water partition coefficient (Wildman–Crippen LogP) is -0.838. The van der Waals surface area contributed by atoms with Crippen LogP contribution in [0.15, 0.2) is 6.20 Å². The molecular formula is C8H14N4O3. The van der Waals surface area contributed by atoms with Crippen molar-refractivity contribution >= 4 is 0 Å². The molecular weight excluding hydrogens is 200 g/mol. The van der Waals surface area contributed by atoms with Gasteiger partial charge in [0.1, 0.15) is 23.9 Å². The summed E-state index contributed by atoms with van der Waals surface area (Å²) in [7, 11) is 0. The lowest BCUT2D eigenvalue weighted by atomic mass is 10.2. The van der Waals surface area contributed by atoms with Crippen LogP contribution in [0.5, 0.6) is 0 Å². The third kappa shape index (κ3) is 2.00. The van der Waals surface area contributed by atoms with Crippen LogP contribution >= 0.6 is 0 Å². The van der Waals surface area contributed by atoms with Crippen LogP contribution in [0, 0.1) is 0 Å². The summed E-state index contributed by atoms with van der Waals surface area (Å²) in [6.07, 6.45) is 0.868. The second-order valence-electron chi connectivity index (χ2n) is 3.57. The highest BCUT2D eigenvalue weighted by Crippen LogP contribution is 2.20. The van der Waals surface area contributed by atoms with Crippen molar-refractivity contribution in [3.8, 4) is 0 Å². The molecule has 1 aliphatic rings. The average Bonchev–Trinajstić information content (AvgIpc) is 2.84. The lowest BCUT2D eigenvalue weighted by molar-refractivity contribution is 0.0633. The number of aliphatic hydroxyl groups excluding tert-OH is 1. The molecule has 1 aromatic heterocycles. The van der Waals surface area contributed by atoms with Crippen molar-refractivity contribution in [2.45, 2.75) is 25.2 Å². The quantitative estimate of drug-likeness (QED) is 0.637. The summed E-state index contributed by atoms with van der Waals surface area (Å²) in [5.41, 5.74) is 0.636. The molecule has 0 bridgehead atoms. The summed E-state index contributed by atoms with van der Waals surface area (Å²) in [5.74, 6) is 5.04. The Morgan fingerprint density at radius 2 is 2.53 bits per heavy atom. The first-order valence-corrected chi connectivity index (χ1v) is 4.75. The van der Waals surface area contributed by atoms with E-state index < -0.39 is 6.10 Å². The van der Waals surface area contributed by atoms with Gasteiger partial charge in [0.15, 0.2) is 0 Å². The van der Waals surface area contributed by atoms with E-state index in [-0.39, 0.29) is 12.1 Å². The van der Waals surface area contributed by atoms with Gasteiger partial charge in [-0.25, -0.2) is 10.6 Å². The van der Waals surface area contributed by atoms with E-state index in [4.69, 9.17) is 10.6 Å². The summed E-state index contributed by atoms with van der Waals surface area (Å²) in [4.78, 5) is 4.63. The maximum atomic E-state index is 9.58. The van der Waals surface area contributed by atoms with E-state index in [1.54, 1.807) is 17.8 Å². The van der Waals surface area contributed by atoms with E-state index in [0.717, 1.165) is 0 Å². The highest BCUT2D eigenvalue weighted by Gasteiger charge is 2.29. The number of aromatic nitrogens is 3. The van der Waals surface area contributed by atoms with Gasteiger partial charge in [0, 0.05) is 0 Å². The van der Waals surface area contributed by atoms with Crippen molar-refractivity contribution in [2.75, 3.05) is 13.2 Å². The molecule has 0 amide bonds. The standard InChI is InChI=1S/C8H14N4O3/c1-5(15-9)6-2-12(11-10-6)7-3-14-4-8(7)13/h2,5,7-8,13H,3-4,9H2,1H3/t5-,7-,8-/m1/s1. The monoisotopic (exact) mass is 214 g/mol. The number of hydrogen-bond donors (Lipinski definition) is 2. The van der Waals surface area contributed by atoms with Crippen molar-refractivity contribution in [2.24, 2.45) is 5.90 Å². The SMILES string of the molecule is C[C@@H](ON)c1cn([C@@H]2COC[C@H]2O)nn1. The first-order chi connectivity index (χ1) is 7.22. The van der Waals surface area contributed by atoms with Gasteiger partial charge in [-0.1, -0.05) is 5.21 Å². The van der Waals surface area contributed by atoms with E-state index >= 15 is 0 Å². The Kier molecular flexibility index (Phi) is 2.96. The molecule has 0 radical (unpaired) electrons.